The Labute approximate surface area is 112 Å². The molecule has 0 amide bonds. The fraction of sp³-hybridized carbons (Fsp3) is 0.750. The number of carboxylic acids is 1. The van der Waals surface area contributed by atoms with Crippen molar-refractivity contribution < 1.29 is 9.90 Å². The molecule has 0 radical (unpaired) electrons. The van der Waals surface area contributed by atoms with Crippen LogP contribution in [0.4, 0.5) is 0 Å². The number of hydrogen-bond acceptors (Lipinski definition) is 1. The van der Waals surface area contributed by atoms with E-state index in [4.69, 9.17) is 5.11 Å². The van der Waals surface area contributed by atoms with E-state index in [1.54, 1.807) is 0 Å². The van der Waals surface area contributed by atoms with E-state index < -0.39 is 5.97 Å². The first-order valence-electron chi connectivity index (χ1n) is 7.13. The molecule has 1 N–H and O–H groups in total. The minimum atomic E-state index is -0.670. The fourth-order valence-electron chi connectivity index (χ4n) is 2.04. The van der Waals surface area contributed by atoms with Gasteiger partial charge in [-0.15, -0.1) is 5.73 Å². The Morgan fingerprint density at radius 2 is 1.28 bits per heavy atom. The second-order valence-corrected chi connectivity index (χ2v) is 5.27. The maximum absolute atomic E-state index is 10.3. The van der Waals surface area contributed by atoms with Gasteiger partial charge in [-0.3, -0.25) is 4.79 Å². The van der Waals surface area contributed by atoms with E-state index in [-0.39, 0.29) is 0 Å². The van der Waals surface area contributed by atoms with E-state index in [0.29, 0.717) is 6.42 Å². The van der Waals surface area contributed by atoms with Crippen LogP contribution in [0.3, 0.4) is 0 Å². The summed E-state index contributed by atoms with van der Waals surface area (Å²) in [4.78, 5) is 10.3. The van der Waals surface area contributed by atoms with Gasteiger partial charge in [0.2, 0.25) is 0 Å². The molecule has 0 aromatic heterocycles. The van der Waals surface area contributed by atoms with Gasteiger partial charge in [-0.25, -0.2) is 0 Å². The van der Waals surface area contributed by atoms with Crippen LogP contribution in [0.2, 0.25) is 0 Å². The van der Waals surface area contributed by atoms with Gasteiger partial charge in [-0.2, -0.15) is 0 Å². The zero-order valence-corrected chi connectivity index (χ0v) is 12.2. The summed E-state index contributed by atoms with van der Waals surface area (Å²) in [7, 11) is 0. The van der Waals surface area contributed by atoms with Crippen LogP contribution in [-0.2, 0) is 4.79 Å². The van der Waals surface area contributed by atoms with Gasteiger partial charge >= 0.3 is 5.97 Å². The highest BCUT2D eigenvalue weighted by molar-refractivity contribution is 5.66. The molecule has 0 heterocycles. The molecule has 18 heavy (non-hydrogen) atoms. The number of hydrogen-bond donors (Lipinski definition) is 1. The summed E-state index contributed by atoms with van der Waals surface area (Å²) >= 11 is 0. The molecule has 104 valence electrons. The zero-order valence-electron chi connectivity index (χ0n) is 12.2. The van der Waals surface area contributed by atoms with Crippen molar-refractivity contribution in [3.8, 4) is 0 Å². The van der Waals surface area contributed by atoms with Crippen molar-refractivity contribution in [1.29, 1.82) is 0 Å². The highest BCUT2D eigenvalue weighted by Crippen LogP contribution is 2.12. The summed E-state index contributed by atoms with van der Waals surface area (Å²) in [5.74, 6) is -0.670. The SMILES string of the molecule is CC(C)=C=C(C)CCCCCCCCCC(=O)O. The Morgan fingerprint density at radius 3 is 1.72 bits per heavy atom. The van der Waals surface area contributed by atoms with Crippen LogP contribution in [0.5, 0.6) is 0 Å². The van der Waals surface area contributed by atoms with Gasteiger partial charge in [-0.1, -0.05) is 32.1 Å². The number of aliphatic carboxylic acids is 1. The molecule has 0 unspecified atom stereocenters. The summed E-state index contributed by atoms with van der Waals surface area (Å²) in [5, 5.41) is 8.49. The predicted molar refractivity (Wildman–Crippen MR) is 76.7 cm³/mol. The molecular weight excluding hydrogens is 224 g/mol. The largest absolute Gasteiger partial charge is 0.481 e. The van der Waals surface area contributed by atoms with Gasteiger partial charge < -0.3 is 5.11 Å². The molecule has 0 aliphatic carbocycles. The molecule has 0 atom stereocenters. The van der Waals surface area contributed by atoms with Crippen LogP contribution in [0, 0.1) is 0 Å². The van der Waals surface area contributed by atoms with E-state index in [1.165, 1.54) is 43.3 Å². The number of carbonyl (C=O) groups is 1. The van der Waals surface area contributed by atoms with Crippen molar-refractivity contribution >= 4 is 5.97 Å². The molecule has 0 fully saturated rings. The highest BCUT2D eigenvalue weighted by Gasteiger charge is 1.96. The van der Waals surface area contributed by atoms with Crippen molar-refractivity contribution in [2.75, 3.05) is 0 Å². The lowest BCUT2D eigenvalue weighted by molar-refractivity contribution is -0.137. The second-order valence-electron chi connectivity index (χ2n) is 5.27. The van der Waals surface area contributed by atoms with Gasteiger partial charge in [0.1, 0.15) is 0 Å². The molecule has 0 aliphatic heterocycles. The van der Waals surface area contributed by atoms with E-state index in [1.807, 2.05) is 0 Å². The minimum absolute atomic E-state index is 0.326. The Hall–Kier alpha value is -1.01. The molecule has 0 rings (SSSR count). The van der Waals surface area contributed by atoms with E-state index in [9.17, 15) is 4.79 Å². The fourth-order valence-corrected chi connectivity index (χ4v) is 2.04. The average molecular weight is 252 g/mol. The molecule has 0 saturated heterocycles. The van der Waals surface area contributed by atoms with Crippen LogP contribution in [0.15, 0.2) is 16.9 Å². The third-order valence-electron chi connectivity index (χ3n) is 2.91. The second kappa shape index (κ2) is 11.1. The monoisotopic (exact) mass is 252 g/mol. The van der Waals surface area contributed by atoms with Crippen molar-refractivity contribution in [3.63, 3.8) is 0 Å². The Morgan fingerprint density at radius 1 is 0.833 bits per heavy atom. The third-order valence-corrected chi connectivity index (χ3v) is 2.91. The Balaban J connectivity index is 3.32. The average Bonchev–Trinajstić information content (AvgIpc) is 2.25. The first kappa shape index (κ1) is 17.0. The maximum Gasteiger partial charge on any atom is 0.303 e. The van der Waals surface area contributed by atoms with Crippen molar-refractivity contribution in [2.24, 2.45) is 0 Å². The quantitative estimate of drug-likeness (QED) is 0.434. The molecule has 0 spiro atoms. The normalized spacial score (nSPS) is 9.94. The first-order chi connectivity index (χ1) is 8.52. The van der Waals surface area contributed by atoms with Crippen LogP contribution < -0.4 is 0 Å². The smallest absolute Gasteiger partial charge is 0.303 e. The summed E-state index contributed by atoms with van der Waals surface area (Å²) in [6.45, 7) is 6.32. The zero-order chi connectivity index (χ0) is 13.8. The highest BCUT2D eigenvalue weighted by atomic mass is 16.4. The molecule has 0 aromatic rings. The van der Waals surface area contributed by atoms with Gasteiger partial charge in [0, 0.05) is 6.42 Å². The molecular formula is C16H28O2. The van der Waals surface area contributed by atoms with Crippen molar-refractivity contribution in [2.45, 2.75) is 78.6 Å². The number of unbranched alkanes of at least 4 members (excludes halogenated alkanes) is 6. The van der Waals surface area contributed by atoms with Crippen LogP contribution in [0.1, 0.15) is 78.6 Å². The van der Waals surface area contributed by atoms with E-state index in [0.717, 1.165) is 19.3 Å². The maximum atomic E-state index is 10.3. The van der Waals surface area contributed by atoms with E-state index >= 15 is 0 Å². The predicted octanol–water partition coefficient (Wildman–Crippen LogP) is 5.09. The van der Waals surface area contributed by atoms with Gasteiger partial charge in [0.25, 0.3) is 0 Å². The topological polar surface area (TPSA) is 37.3 Å². The summed E-state index contributed by atoms with van der Waals surface area (Å²) in [6, 6.07) is 0. The number of carboxylic acid groups (broad SMARTS) is 1. The standard InChI is InChI=1S/C16H28O2/c1-14(2)13-15(3)11-9-7-5-4-6-8-10-12-16(17)18/h4-12H2,1-3H3,(H,17,18). The van der Waals surface area contributed by atoms with Crippen LogP contribution in [0.25, 0.3) is 0 Å². The van der Waals surface area contributed by atoms with Crippen LogP contribution in [-0.4, -0.2) is 11.1 Å². The summed E-state index contributed by atoms with van der Waals surface area (Å²) in [6.07, 6.45) is 9.59. The lowest BCUT2D eigenvalue weighted by atomic mass is 10.0. The van der Waals surface area contributed by atoms with Crippen molar-refractivity contribution in [3.05, 3.63) is 16.9 Å². The summed E-state index contributed by atoms with van der Waals surface area (Å²) in [5.41, 5.74) is 5.96. The Bertz CT molecular complexity index is 292. The molecule has 0 saturated carbocycles. The first-order valence-corrected chi connectivity index (χ1v) is 7.13. The van der Waals surface area contributed by atoms with Gasteiger partial charge in [0.05, 0.1) is 0 Å². The van der Waals surface area contributed by atoms with Crippen molar-refractivity contribution in [1.82, 2.24) is 0 Å². The van der Waals surface area contributed by atoms with Gasteiger partial charge in [-0.05, 0) is 51.2 Å². The molecule has 0 aliphatic rings. The minimum Gasteiger partial charge on any atom is -0.481 e. The lowest BCUT2D eigenvalue weighted by Gasteiger charge is -2.01. The Kier molecular flexibility index (Phi) is 10.5. The summed E-state index contributed by atoms with van der Waals surface area (Å²) < 4.78 is 0. The molecule has 2 heteroatoms. The van der Waals surface area contributed by atoms with Gasteiger partial charge in [0.15, 0.2) is 0 Å². The molecule has 0 aromatic carbocycles. The number of rotatable bonds is 10. The number of allylic oxidation sites excluding steroid dienone is 1. The van der Waals surface area contributed by atoms with Crippen LogP contribution >= 0.6 is 0 Å². The van der Waals surface area contributed by atoms with E-state index in [2.05, 4.69) is 26.5 Å². The molecule has 2 nitrogen and oxygen atoms in total. The lowest BCUT2D eigenvalue weighted by Crippen LogP contribution is -1.93. The third kappa shape index (κ3) is 13.1. The molecule has 0 bridgehead atoms.